The second-order valence-electron chi connectivity index (χ2n) is 6.97. The van der Waals surface area contributed by atoms with Crippen molar-refractivity contribution in [1.82, 2.24) is 14.9 Å². The summed E-state index contributed by atoms with van der Waals surface area (Å²) in [4.78, 5) is 29.4. The van der Waals surface area contributed by atoms with Gasteiger partial charge >= 0.3 is 12.5 Å². The summed E-state index contributed by atoms with van der Waals surface area (Å²) >= 11 is 0. The maximum Gasteiger partial charge on any atom is 0.329 e. The number of halogens is 2. The van der Waals surface area contributed by atoms with Crippen LogP contribution in [-0.4, -0.2) is 27.5 Å². The van der Waals surface area contributed by atoms with E-state index in [1.54, 1.807) is 48.5 Å². The van der Waals surface area contributed by atoms with Crippen LogP contribution in [0.5, 0.6) is 0 Å². The summed E-state index contributed by atoms with van der Waals surface area (Å²) in [7, 11) is 0. The highest BCUT2D eigenvalue weighted by atomic mass is 19.3. The maximum atomic E-state index is 13.6. The number of esters is 1. The lowest BCUT2D eigenvalue weighted by molar-refractivity contribution is -0.147. The molecule has 0 fully saturated rings. The average molecular weight is 439 g/mol. The molecule has 2 aromatic heterocycles. The molecule has 1 N–H and O–H groups in total. The lowest BCUT2D eigenvalue weighted by atomic mass is 10.1. The lowest BCUT2D eigenvalue weighted by Gasteiger charge is -2.17. The third-order valence-electron chi connectivity index (χ3n) is 4.83. The van der Waals surface area contributed by atoms with Crippen LogP contribution in [0, 0.1) is 0 Å². The van der Waals surface area contributed by atoms with E-state index in [1.165, 1.54) is 18.4 Å². The Balaban J connectivity index is 1.52. The third kappa shape index (κ3) is 4.66. The quantitative estimate of drug-likeness (QED) is 0.418. The van der Waals surface area contributed by atoms with Crippen molar-refractivity contribution >= 4 is 22.9 Å². The molecule has 0 unspecified atom stereocenters. The molecule has 1 amide bonds. The van der Waals surface area contributed by atoms with Crippen LogP contribution in [0.3, 0.4) is 0 Å². The minimum atomic E-state index is -2.85. The number of para-hydroxylation sites is 2. The molecule has 0 aliphatic carbocycles. The summed E-state index contributed by atoms with van der Waals surface area (Å²) in [6.45, 7) is -3.32. The van der Waals surface area contributed by atoms with Crippen molar-refractivity contribution in [2.45, 2.75) is 25.6 Å². The number of aromatic nitrogens is 2. The highest BCUT2D eigenvalue weighted by Crippen LogP contribution is 2.23. The first-order valence-corrected chi connectivity index (χ1v) is 9.82. The fourth-order valence-electron chi connectivity index (χ4n) is 3.33. The van der Waals surface area contributed by atoms with Crippen molar-refractivity contribution in [3.05, 3.63) is 90.1 Å². The zero-order valence-electron chi connectivity index (χ0n) is 16.8. The molecule has 0 radical (unpaired) electrons. The van der Waals surface area contributed by atoms with Crippen LogP contribution in [-0.2, 0) is 22.6 Å². The Bertz CT molecular complexity index is 1210. The Hall–Kier alpha value is -4.01. The predicted molar refractivity (Wildman–Crippen MR) is 111 cm³/mol. The molecule has 4 rings (SSSR count). The highest BCUT2D eigenvalue weighted by molar-refractivity contribution is 5.94. The van der Waals surface area contributed by atoms with Crippen molar-refractivity contribution in [3.8, 4) is 0 Å². The molecule has 32 heavy (non-hydrogen) atoms. The molecule has 0 spiro atoms. The summed E-state index contributed by atoms with van der Waals surface area (Å²) in [6, 6.07) is 17.4. The topological polar surface area (TPSA) is 86.4 Å². The predicted octanol–water partition coefficient (Wildman–Crippen LogP) is 4.11. The van der Waals surface area contributed by atoms with Gasteiger partial charge in [0.15, 0.2) is 11.6 Å². The van der Waals surface area contributed by atoms with Crippen molar-refractivity contribution in [1.29, 1.82) is 0 Å². The van der Waals surface area contributed by atoms with Gasteiger partial charge in [-0.3, -0.25) is 9.36 Å². The Morgan fingerprint density at radius 2 is 1.78 bits per heavy atom. The second-order valence-corrected chi connectivity index (χ2v) is 6.97. The Labute approximate surface area is 181 Å². The van der Waals surface area contributed by atoms with Crippen molar-refractivity contribution in [2.75, 3.05) is 0 Å². The molecule has 4 aromatic rings. The van der Waals surface area contributed by atoms with E-state index in [1.807, 2.05) is 6.07 Å². The van der Waals surface area contributed by atoms with Gasteiger partial charge in [0.05, 0.1) is 17.3 Å². The molecule has 0 saturated carbocycles. The summed E-state index contributed by atoms with van der Waals surface area (Å²) in [5, 5.41) is 2.59. The Morgan fingerprint density at radius 1 is 1.03 bits per heavy atom. The number of carbonyl (C=O) groups excluding carboxylic acids is 2. The van der Waals surface area contributed by atoms with E-state index in [0.29, 0.717) is 5.52 Å². The highest BCUT2D eigenvalue weighted by Gasteiger charge is 2.26. The number of benzene rings is 2. The van der Waals surface area contributed by atoms with E-state index in [4.69, 9.17) is 9.15 Å². The van der Waals surface area contributed by atoms with Crippen molar-refractivity contribution in [2.24, 2.45) is 0 Å². The van der Waals surface area contributed by atoms with Gasteiger partial charge in [-0.25, -0.2) is 9.78 Å². The monoisotopic (exact) mass is 439 g/mol. The smallest absolute Gasteiger partial charge is 0.329 e. The van der Waals surface area contributed by atoms with E-state index < -0.39 is 31.1 Å². The van der Waals surface area contributed by atoms with Gasteiger partial charge in [-0.15, -0.1) is 0 Å². The number of furan rings is 1. The molecule has 0 bridgehead atoms. The number of amides is 1. The first-order chi connectivity index (χ1) is 15.5. The number of hydrogen-bond acceptors (Lipinski definition) is 5. The Morgan fingerprint density at radius 3 is 2.50 bits per heavy atom. The number of nitrogens with zero attached hydrogens (tertiary/aromatic N) is 2. The fraction of sp³-hybridized carbons (Fsp3) is 0.174. The Kier molecular flexibility index (Phi) is 6.25. The van der Waals surface area contributed by atoms with Crippen LogP contribution in [0.1, 0.15) is 28.5 Å². The van der Waals surface area contributed by atoms with Gasteiger partial charge in [0.1, 0.15) is 12.6 Å². The zero-order chi connectivity index (χ0) is 22.5. The number of ether oxygens (including phenoxy) is 1. The summed E-state index contributed by atoms with van der Waals surface area (Å²) in [6.07, 6.45) is 1.49. The van der Waals surface area contributed by atoms with Crippen molar-refractivity contribution in [3.63, 3.8) is 0 Å². The number of imidazole rings is 1. The minimum Gasteiger partial charge on any atom is -0.459 e. The van der Waals surface area contributed by atoms with Crippen molar-refractivity contribution < 1.29 is 27.5 Å². The standard InChI is InChI=1S/C23H19F2N3O4/c24-23(25)28-18-10-5-4-9-16(18)26-20(28)14-32-22(30)17(13-15-7-2-1-3-8-15)27-21(29)19-11-6-12-31-19/h1-12,17,23H,13-14H2,(H,27,29)/t17-/m0/s1. The number of fused-ring (bicyclic) bond motifs is 1. The molecule has 9 heteroatoms. The van der Waals surface area contributed by atoms with Gasteiger partial charge in [-0.05, 0) is 29.8 Å². The summed E-state index contributed by atoms with van der Waals surface area (Å²) in [5.74, 6) is -1.42. The summed E-state index contributed by atoms with van der Waals surface area (Å²) in [5.41, 5.74) is 1.39. The molecule has 7 nitrogen and oxygen atoms in total. The normalized spacial score (nSPS) is 12.1. The molecule has 0 saturated heterocycles. The maximum absolute atomic E-state index is 13.6. The van der Waals surface area contributed by atoms with E-state index in [0.717, 1.165) is 10.1 Å². The molecule has 2 aromatic carbocycles. The molecule has 0 aliphatic heterocycles. The number of nitrogens with one attached hydrogen (secondary N) is 1. The van der Waals surface area contributed by atoms with Crippen LogP contribution >= 0.6 is 0 Å². The van der Waals surface area contributed by atoms with Crippen LogP contribution in [0.25, 0.3) is 11.0 Å². The van der Waals surface area contributed by atoms with Gasteiger partial charge in [0.2, 0.25) is 0 Å². The van der Waals surface area contributed by atoms with Gasteiger partial charge < -0.3 is 14.5 Å². The molecule has 1 atom stereocenters. The molecule has 0 aliphatic rings. The van der Waals surface area contributed by atoms with Gasteiger partial charge in [-0.2, -0.15) is 8.78 Å². The zero-order valence-corrected chi connectivity index (χ0v) is 16.8. The molecule has 164 valence electrons. The van der Waals surface area contributed by atoms with Crippen LogP contribution in [0.15, 0.2) is 77.4 Å². The summed E-state index contributed by atoms with van der Waals surface area (Å²) < 4.78 is 38.3. The number of hydrogen-bond donors (Lipinski definition) is 1. The fourth-order valence-corrected chi connectivity index (χ4v) is 3.33. The van der Waals surface area contributed by atoms with Gasteiger partial charge in [0.25, 0.3) is 5.91 Å². The molecular weight excluding hydrogens is 420 g/mol. The average Bonchev–Trinajstić information content (AvgIpc) is 3.45. The number of carbonyl (C=O) groups is 2. The molecule has 2 heterocycles. The van der Waals surface area contributed by atoms with E-state index in [9.17, 15) is 18.4 Å². The minimum absolute atomic E-state index is 0.0374. The third-order valence-corrected chi connectivity index (χ3v) is 4.83. The van der Waals surface area contributed by atoms with E-state index >= 15 is 0 Å². The SMILES string of the molecule is O=C(N[C@@H](Cc1ccccc1)C(=O)OCc1nc2ccccc2n1C(F)F)c1ccco1. The first-order valence-electron chi connectivity index (χ1n) is 9.82. The number of rotatable bonds is 8. The molecular formula is C23H19F2N3O4. The van der Waals surface area contributed by atoms with Gasteiger partial charge in [-0.1, -0.05) is 42.5 Å². The van der Waals surface area contributed by atoms with Crippen LogP contribution in [0.4, 0.5) is 8.78 Å². The number of alkyl halides is 2. The van der Waals surface area contributed by atoms with Gasteiger partial charge in [0, 0.05) is 6.42 Å². The van der Waals surface area contributed by atoms with E-state index in [2.05, 4.69) is 10.3 Å². The first kappa shape index (κ1) is 21.2. The van der Waals surface area contributed by atoms with E-state index in [-0.39, 0.29) is 23.5 Å². The largest absolute Gasteiger partial charge is 0.459 e. The second kappa shape index (κ2) is 9.42. The lowest BCUT2D eigenvalue weighted by Crippen LogP contribution is -2.43. The van der Waals surface area contributed by atoms with Crippen LogP contribution in [0.2, 0.25) is 0 Å². The van der Waals surface area contributed by atoms with Crippen LogP contribution < -0.4 is 5.32 Å².